The van der Waals surface area contributed by atoms with Crippen LogP contribution in [0, 0.1) is 0 Å². The summed E-state index contributed by atoms with van der Waals surface area (Å²) >= 11 is 0. The molecule has 2 heteroatoms. The van der Waals surface area contributed by atoms with Crippen LogP contribution in [0.25, 0.3) is 0 Å². The topological polar surface area (TPSA) is 15.3 Å². The molecule has 58 valence electrons. The summed E-state index contributed by atoms with van der Waals surface area (Å²) < 4.78 is 0. The van der Waals surface area contributed by atoms with Crippen LogP contribution < -0.4 is 5.32 Å². The van der Waals surface area contributed by atoms with Crippen LogP contribution in [0.5, 0.6) is 0 Å². The molecule has 1 rings (SSSR count). The van der Waals surface area contributed by atoms with Crippen molar-refractivity contribution in [3.8, 4) is 0 Å². The molecule has 0 aromatic carbocycles. The SMILES string of the molecule is C=C(CNC)CN1CCC1. The molecular formula is C8H16N2. The third-order valence-corrected chi connectivity index (χ3v) is 1.82. The number of hydrogen-bond acceptors (Lipinski definition) is 2. The number of likely N-dealkylation sites (N-methyl/N-ethyl adjacent to an activating group) is 1. The molecule has 0 spiro atoms. The molecule has 0 aromatic rings. The Morgan fingerprint density at radius 1 is 1.60 bits per heavy atom. The van der Waals surface area contributed by atoms with E-state index >= 15 is 0 Å². The van der Waals surface area contributed by atoms with Crippen molar-refractivity contribution in [1.29, 1.82) is 0 Å². The van der Waals surface area contributed by atoms with Crippen LogP contribution >= 0.6 is 0 Å². The van der Waals surface area contributed by atoms with Crippen molar-refractivity contribution in [2.24, 2.45) is 0 Å². The molecule has 0 amide bonds. The van der Waals surface area contributed by atoms with Crippen molar-refractivity contribution in [2.45, 2.75) is 6.42 Å². The second-order valence-corrected chi connectivity index (χ2v) is 2.91. The van der Waals surface area contributed by atoms with Gasteiger partial charge < -0.3 is 5.32 Å². The first-order valence-corrected chi connectivity index (χ1v) is 3.86. The minimum Gasteiger partial charge on any atom is -0.316 e. The number of nitrogens with zero attached hydrogens (tertiary/aromatic N) is 1. The lowest BCUT2D eigenvalue weighted by Crippen LogP contribution is -2.39. The molecule has 2 nitrogen and oxygen atoms in total. The van der Waals surface area contributed by atoms with Gasteiger partial charge in [-0.25, -0.2) is 0 Å². The van der Waals surface area contributed by atoms with Crippen molar-refractivity contribution < 1.29 is 0 Å². The highest BCUT2D eigenvalue weighted by Crippen LogP contribution is 2.06. The second-order valence-electron chi connectivity index (χ2n) is 2.91. The normalized spacial score (nSPS) is 18.5. The standard InChI is InChI=1S/C8H16N2/c1-8(6-9-2)7-10-4-3-5-10/h9H,1,3-7H2,2H3. The van der Waals surface area contributed by atoms with Gasteiger partial charge in [-0.2, -0.15) is 0 Å². The average molecular weight is 140 g/mol. The predicted molar refractivity (Wildman–Crippen MR) is 44.1 cm³/mol. The molecule has 10 heavy (non-hydrogen) atoms. The van der Waals surface area contributed by atoms with Crippen molar-refractivity contribution in [2.75, 3.05) is 33.2 Å². The van der Waals surface area contributed by atoms with Crippen LogP contribution in [0.4, 0.5) is 0 Å². The average Bonchev–Trinajstić information content (AvgIpc) is 1.80. The summed E-state index contributed by atoms with van der Waals surface area (Å²) in [4.78, 5) is 2.42. The van der Waals surface area contributed by atoms with Gasteiger partial charge in [-0.15, -0.1) is 0 Å². The van der Waals surface area contributed by atoms with Crippen LogP contribution in [0.3, 0.4) is 0 Å². The van der Waals surface area contributed by atoms with E-state index in [9.17, 15) is 0 Å². The lowest BCUT2D eigenvalue weighted by Gasteiger charge is -2.31. The lowest BCUT2D eigenvalue weighted by atomic mass is 10.2. The van der Waals surface area contributed by atoms with E-state index in [0.717, 1.165) is 13.1 Å². The molecule has 1 heterocycles. The zero-order chi connectivity index (χ0) is 7.40. The lowest BCUT2D eigenvalue weighted by molar-refractivity contribution is 0.197. The van der Waals surface area contributed by atoms with Gasteiger partial charge in [-0.05, 0) is 32.1 Å². The number of nitrogens with one attached hydrogen (secondary N) is 1. The van der Waals surface area contributed by atoms with Crippen LogP contribution in [0.1, 0.15) is 6.42 Å². The summed E-state index contributed by atoms with van der Waals surface area (Å²) in [5.74, 6) is 0. The maximum atomic E-state index is 3.96. The van der Waals surface area contributed by atoms with Crippen LogP contribution in [-0.2, 0) is 0 Å². The fourth-order valence-electron chi connectivity index (χ4n) is 1.16. The Morgan fingerprint density at radius 2 is 2.30 bits per heavy atom. The van der Waals surface area contributed by atoms with Gasteiger partial charge in [0.15, 0.2) is 0 Å². The van der Waals surface area contributed by atoms with Crippen LogP contribution in [0.15, 0.2) is 12.2 Å². The van der Waals surface area contributed by atoms with Gasteiger partial charge in [0.25, 0.3) is 0 Å². The quantitative estimate of drug-likeness (QED) is 0.571. The van der Waals surface area contributed by atoms with E-state index in [2.05, 4.69) is 16.8 Å². The molecule has 1 N–H and O–H groups in total. The molecule has 1 aliphatic rings. The largest absolute Gasteiger partial charge is 0.316 e. The molecule has 1 saturated heterocycles. The predicted octanol–water partition coefficient (Wildman–Crippen LogP) is 0.468. The molecule has 1 aliphatic heterocycles. The maximum absolute atomic E-state index is 3.96. The molecular weight excluding hydrogens is 124 g/mol. The summed E-state index contributed by atoms with van der Waals surface area (Å²) in [7, 11) is 1.96. The van der Waals surface area contributed by atoms with Crippen molar-refractivity contribution in [3.63, 3.8) is 0 Å². The molecule has 0 atom stereocenters. The minimum absolute atomic E-state index is 0.955. The van der Waals surface area contributed by atoms with Gasteiger partial charge >= 0.3 is 0 Å². The Hall–Kier alpha value is -0.340. The van der Waals surface area contributed by atoms with E-state index in [1.165, 1.54) is 25.1 Å². The Kier molecular flexibility index (Phi) is 2.90. The molecule has 0 unspecified atom stereocenters. The molecule has 0 aromatic heterocycles. The zero-order valence-corrected chi connectivity index (χ0v) is 6.69. The minimum atomic E-state index is 0.955. The summed E-state index contributed by atoms with van der Waals surface area (Å²) in [5, 5.41) is 3.09. The smallest absolute Gasteiger partial charge is 0.0202 e. The van der Waals surface area contributed by atoms with E-state index in [1.807, 2.05) is 7.05 Å². The zero-order valence-electron chi connectivity index (χ0n) is 6.69. The molecule has 0 radical (unpaired) electrons. The van der Waals surface area contributed by atoms with E-state index in [0.29, 0.717) is 0 Å². The summed E-state index contributed by atoms with van der Waals surface area (Å²) in [6.45, 7) is 8.53. The van der Waals surface area contributed by atoms with E-state index in [4.69, 9.17) is 0 Å². The Labute approximate surface area is 62.9 Å². The summed E-state index contributed by atoms with van der Waals surface area (Å²) in [6.07, 6.45) is 1.37. The van der Waals surface area contributed by atoms with Gasteiger partial charge in [-0.3, -0.25) is 4.90 Å². The fourth-order valence-corrected chi connectivity index (χ4v) is 1.16. The molecule has 0 aliphatic carbocycles. The first-order chi connectivity index (χ1) is 4.83. The second kappa shape index (κ2) is 3.74. The maximum Gasteiger partial charge on any atom is 0.0202 e. The Morgan fingerprint density at radius 3 is 2.70 bits per heavy atom. The third kappa shape index (κ3) is 2.12. The van der Waals surface area contributed by atoms with Gasteiger partial charge in [0.05, 0.1) is 0 Å². The highest BCUT2D eigenvalue weighted by molar-refractivity contribution is 5.00. The Balaban J connectivity index is 2.05. The van der Waals surface area contributed by atoms with Gasteiger partial charge in [0, 0.05) is 13.1 Å². The van der Waals surface area contributed by atoms with Gasteiger partial charge in [0.2, 0.25) is 0 Å². The Bertz CT molecular complexity index is 116. The molecule has 0 bridgehead atoms. The third-order valence-electron chi connectivity index (χ3n) is 1.82. The fraction of sp³-hybridized carbons (Fsp3) is 0.750. The van der Waals surface area contributed by atoms with Crippen LogP contribution in [-0.4, -0.2) is 38.1 Å². The summed E-state index contributed by atoms with van der Waals surface area (Å²) in [6, 6.07) is 0. The van der Waals surface area contributed by atoms with Crippen molar-refractivity contribution in [3.05, 3.63) is 12.2 Å². The summed E-state index contributed by atoms with van der Waals surface area (Å²) in [5.41, 5.74) is 1.29. The van der Waals surface area contributed by atoms with Crippen molar-refractivity contribution >= 4 is 0 Å². The van der Waals surface area contributed by atoms with Crippen molar-refractivity contribution in [1.82, 2.24) is 10.2 Å². The number of hydrogen-bond donors (Lipinski definition) is 1. The highest BCUT2D eigenvalue weighted by atomic mass is 15.2. The number of rotatable bonds is 4. The van der Waals surface area contributed by atoms with Crippen LogP contribution in [0.2, 0.25) is 0 Å². The van der Waals surface area contributed by atoms with E-state index < -0.39 is 0 Å². The highest BCUT2D eigenvalue weighted by Gasteiger charge is 2.13. The van der Waals surface area contributed by atoms with E-state index in [1.54, 1.807) is 0 Å². The monoisotopic (exact) mass is 140 g/mol. The van der Waals surface area contributed by atoms with Gasteiger partial charge in [-0.1, -0.05) is 6.58 Å². The molecule has 1 fully saturated rings. The number of likely N-dealkylation sites (tertiary alicyclic amines) is 1. The van der Waals surface area contributed by atoms with Gasteiger partial charge in [0.1, 0.15) is 0 Å². The first-order valence-electron chi connectivity index (χ1n) is 3.86. The van der Waals surface area contributed by atoms with E-state index in [-0.39, 0.29) is 0 Å². The molecule has 0 saturated carbocycles. The first kappa shape index (κ1) is 7.76.